The minimum Gasteiger partial charge on any atom is -0.265 e. The molecule has 0 unspecified atom stereocenters. The van der Waals surface area contributed by atoms with Crippen LogP contribution in [-0.2, 0) is 0 Å². The largest absolute Gasteiger partial charge is 0.265 e. The third kappa shape index (κ3) is 22.5. The summed E-state index contributed by atoms with van der Waals surface area (Å²) in [5.41, 5.74) is 2.98. The van der Waals surface area contributed by atoms with Gasteiger partial charge in [-0.05, 0) is 26.7 Å². The summed E-state index contributed by atoms with van der Waals surface area (Å²) >= 11 is 0. The predicted octanol–water partition coefficient (Wildman–Crippen LogP) is 3.92. The van der Waals surface area contributed by atoms with Crippen molar-refractivity contribution in [3.05, 3.63) is 21.3 Å². The monoisotopic (exact) mass is 203 g/mol. The highest BCUT2D eigenvalue weighted by molar-refractivity contribution is 5.08. The Hall–Kier alpha value is -0.860. The van der Waals surface area contributed by atoms with Gasteiger partial charge in [0.05, 0.1) is 0 Å². The Morgan fingerprint density at radius 2 is 1.36 bits per heavy atom. The van der Waals surface area contributed by atoms with E-state index in [1.165, 1.54) is 11.1 Å². The van der Waals surface area contributed by atoms with Gasteiger partial charge in [-0.15, -0.1) is 0 Å². The van der Waals surface area contributed by atoms with Crippen molar-refractivity contribution in [2.24, 2.45) is 5.92 Å². The molecule has 0 saturated carbocycles. The van der Waals surface area contributed by atoms with E-state index in [0.717, 1.165) is 13.0 Å². The van der Waals surface area contributed by atoms with Gasteiger partial charge in [0.15, 0.2) is 7.05 Å². The van der Waals surface area contributed by atoms with Crippen LogP contribution in [0.15, 0.2) is 11.1 Å². The van der Waals surface area contributed by atoms with E-state index in [0.29, 0.717) is 0 Å². The highest BCUT2D eigenvalue weighted by Gasteiger charge is 1.95. The van der Waals surface area contributed by atoms with Crippen LogP contribution in [0.1, 0.15) is 48.5 Å². The molecule has 86 valence electrons. The maximum Gasteiger partial charge on any atom is 0.194 e. The molecule has 0 aromatic heterocycles. The molecule has 0 fully saturated rings. The summed E-state index contributed by atoms with van der Waals surface area (Å²) in [6, 6.07) is 0. The minimum atomic E-state index is -0.500. The number of hydrogen-bond donors (Lipinski definition) is 0. The van der Waals surface area contributed by atoms with E-state index in [-0.39, 0.29) is 0 Å². The van der Waals surface area contributed by atoms with Crippen molar-refractivity contribution in [1.29, 1.82) is 0 Å². The second-order valence-electron chi connectivity index (χ2n) is 3.28. The molecule has 0 radical (unpaired) electrons. The first-order valence-corrected chi connectivity index (χ1v) is 5.01. The van der Waals surface area contributed by atoms with Crippen molar-refractivity contribution < 1.29 is 4.92 Å². The molecular formula is C11H25NO2. The van der Waals surface area contributed by atoms with Gasteiger partial charge in [-0.3, -0.25) is 10.1 Å². The molecule has 3 nitrogen and oxygen atoms in total. The van der Waals surface area contributed by atoms with E-state index in [4.69, 9.17) is 10.1 Å². The molecule has 0 aromatic rings. The van der Waals surface area contributed by atoms with Gasteiger partial charge in [-0.2, -0.15) is 0 Å². The predicted molar refractivity (Wildman–Crippen MR) is 63.2 cm³/mol. The molecule has 0 rings (SSSR count). The standard InChI is InChI=1S/C8H16.C2H6.CH3NO2/c1-6(2)8(5)7(3)4;1-2;1-2(3)4/h6H,1-5H3;1-2H3;1H3. The average molecular weight is 203 g/mol. The number of nitrogens with zero attached hydrogens (tertiary/aromatic N) is 1. The molecule has 14 heavy (non-hydrogen) atoms. The van der Waals surface area contributed by atoms with E-state index < -0.39 is 4.92 Å². The first-order chi connectivity index (χ1) is 6.29. The van der Waals surface area contributed by atoms with Gasteiger partial charge in [0.2, 0.25) is 0 Å². The SMILES string of the molecule is CC.CC(C)=C(C)C(C)C.C[N+](=O)[O-]. The van der Waals surface area contributed by atoms with Crippen molar-refractivity contribution in [2.45, 2.75) is 48.5 Å². The van der Waals surface area contributed by atoms with Crippen LogP contribution in [0.2, 0.25) is 0 Å². The minimum absolute atomic E-state index is 0.500. The molecule has 0 aliphatic carbocycles. The molecule has 0 N–H and O–H groups in total. The lowest BCUT2D eigenvalue weighted by atomic mass is 10.0. The van der Waals surface area contributed by atoms with Crippen LogP contribution in [0.25, 0.3) is 0 Å². The summed E-state index contributed by atoms with van der Waals surface area (Å²) < 4.78 is 0. The molecular weight excluding hydrogens is 178 g/mol. The Kier molecular flexibility index (Phi) is 16.3. The maximum absolute atomic E-state index is 8.81. The van der Waals surface area contributed by atoms with E-state index in [9.17, 15) is 0 Å². The zero-order chi connectivity index (χ0) is 12.3. The Bertz CT molecular complexity index is 164. The highest BCUT2D eigenvalue weighted by Crippen LogP contribution is 2.11. The molecule has 0 atom stereocenters. The van der Waals surface area contributed by atoms with Gasteiger partial charge in [-0.1, -0.05) is 38.8 Å². The quantitative estimate of drug-likeness (QED) is 0.368. The summed E-state index contributed by atoms with van der Waals surface area (Å²) in [5.74, 6) is 0.722. The van der Waals surface area contributed by atoms with Crippen molar-refractivity contribution in [2.75, 3.05) is 7.05 Å². The number of rotatable bonds is 1. The first-order valence-electron chi connectivity index (χ1n) is 5.01. The van der Waals surface area contributed by atoms with Crippen molar-refractivity contribution in [1.82, 2.24) is 0 Å². The molecule has 0 heterocycles. The van der Waals surface area contributed by atoms with E-state index in [1.807, 2.05) is 13.8 Å². The highest BCUT2D eigenvalue weighted by atomic mass is 16.6. The van der Waals surface area contributed by atoms with Gasteiger partial charge in [0, 0.05) is 4.92 Å². The molecule has 0 spiro atoms. The number of nitro groups is 1. The van der Waals surface area contributed by atoms with Crippen LogP contribution in [0.5, 0.6) is 0 Å². The molecule has 0 aliphatic rings. The first kappa shape index (κ1) is 18.8. The normalized spacial score (nSPS) is 7.79. The summed E-state index contributed by atoms with van der Waals surface area (Å²) in [4.78, 5) is 8.31. The van der Waals surface area contributed by atoms with E-state index in [1.54, 1.807) is 0 Å². The molecule has 0 saturated heterocycles. The van der Waals surface area contributed by atoms with Gasteiger partial charge >= 0.3 is 0 Å². The fourth-order valence-electron chi connectivity index (χ4n) is 0.577. The van der Waals surface area contributed by atoms with E-state index in [2.05, 4.69) is 34.6 Å². The summed E-state index contributed by atoms with van der Waals surface area (Å²) in [5, 5.41) is 8.81. The van der Waals surface area contributed by atoms with Gasteiger partial charge in [0.1, 0.15) is 0 Å². The molecule has 3 heteroatoms. The third-order valence-electron chi connectivity index (χ3n) is 1.65. The van der Waals surface area contributed by atoms with Crippen molar-refractivity contribution in [3.63, 3.8) is 0 Å². The van der Waals surface area contributed by atoms with Crippen LogP contribution >= 0.6 is 0 Å². The third-order valence-corrected chi connectivity index (χ3v) is 1.65. The van der Waals surface area contributed by atoms with E-state index >= 15 is 0 Å². The molecule has 0 bridgehead atoms. The van der Waals surface area contributed by atoms with Gasteiger partial charge in [0.25, 0.3) is 0 Å². The zero-order valence-corrected chi connectivity index (χ0v) is 10.8. The van der Waals surface area contributed by atoms with Crippen LogP contribution in [0, 0.1) is 16.0 Å². The summed E-state index contributed by atoms with van der Waals surface area (Å²) in [6.45, 7) is 15.0. The van der Waals surface area contributed by atoms with Crippen LogP contribution in [0.4, 0.5) is 0 Å². The number of allylic oxidation sites excluding steroid dienone is 2. The Morgan fingerprint density at radius 1 is 1.14 bits per heavy atom. The Morgan fingerprint density at radius 3 is 1.36 bits per heavy atom. The van der Waals surface area contributed by atoms with Gasteiger partial charge < -0.3 is 0 Å². The fraction of sp³-hybridized carbons (Fsp3) is 0.818. The summed E-state index contributed by atoms with van der Waals surface area (Å²) in [7, 11) is 0.889. The molecule has 0 aromatic carbocycles. The van der Waals surface area contributed by atoms with Crippen LogP contribution in [-0.4, -0.2) is 12.0 Å². The second-order valence-corrected chi connectivity index (χ2v) is 3.28. The van der Waals surface area contributed by atoms with Crippen molar-refractivity contribution in [3.8, 4) is 0 Å². The molecule has 0 amide bonds. The summed E-state index contributed by atoms with van der Waals surface area (Å²) in [6.07, 6.45) is 0. The lowest BCUT2D eigenvalue weighted by molar-refractivity contribution is -0.445. The lowest BCUT2D eigenvalue weighted by Crippen LogP contribution is -1.89. The Balaban J connectivity index is -0.000000170. The van der Waals surface area contributed by atoms with Crippen LogP contribution in [0.3, 0.4) is 0 Å². The molecule has 0 aliphatic heterocycles. The van der Waals surface area contributed by atoms with Gasteiger partial charge in [-0.25, -0.2) is 0 Å². The smallest absolute Gasteiger partial charge is 0.194 e. The topological polar surface area (TPSA) is 43.1 Å². The fourth-order valence-corrected chi connectivity index (χ4v) is 0.577. The lowest BCUT2D eigenvalue weighted by Gasteiger charge is -2.05. The maximum atomic E-state index is 8.81. The Labute approximate surface area is 88.4 Å². The number of hydrogen-bond acceptors (Lipinski definition) is 2. The second kappa shape index (κ2) is 12.1. The van der Waals surface area contributed by atoms with Crippen LogP contribution < -0.4 is 0 Å². The average Bonchev–Trinajstić information content (AvgIpc) is 2.05. The zero-order valence-electron chi connectivity index (χ0n) is 10.8. The van der Waals surface area contributed by atoms with Crippen molar-refractivity contribution >= 4 is 0 Å².